The first-order valence-electron chi connectivity index (χ1n) is 7.95. The first-order valence-corrected chi connectivity index (χ1v) is 7.95. The number of ether oxygens (including phenoxy) is 2. The molecule has 6 nitrogen and oxygen atoms in total. The van der Waals surface area contributed by atoms with Crippen LogP contribution in [0, 0.1) is 13.8 Å². The molecule has 2 aromatic heterocycles. The summed E-state index contributed by atoms with van der Waals surface area (Å²) in [7, 11) is 1.54. The Hall–Kier alpha value is -3.10. The Balaban J connectivity index is 1.86. The van der Waals surface area contributed by atoms with Crippen LogP contribution in [0.25, 0.3) is 11.0 Å². The minimum absolute atomic E-state index is 0.0196. The first-order chi connectivity index (χ1) is 12.7. The molecule has 0 spiro atoms. The molecule has 0 bridgehead atoms. The van der Waals surface area contributed by atoms with Crippen LogP contribution < -0.4 is 9.47 Å². The molecule has 27 heavy (non-hydrogen) atoms. The van der Waals surface area contributed by atoms with E-state index < -0.39 is 12.1 Å². The number of hydrogen-bond acceptors (Lipinski definition) is 5. The Morgan fingerprint density at radius 1 is 1.26 bits per heavy atom. The van der Waals surface area contributed by atoms with Gasteiger partial charge in [-0.3, -0.25) is 9.78 Å². The molecule has 3 rings (SSSR count). The number of benzene rings is 1. The predicted octanol–water partition coefficient (Wildman–Crippen LogP) is 3.91. The lowest BCUT2D eigenvalue weighted by atomic mass is 10.1. The summed E-state index contributed by atoms with van der Waals surface area (Å²) in [5.74, 6) is -0.0477. The fraction of sp³-hybridized carbons (Fsp3) is 0.278. The van der Waals surface area contributed by atoms with Gasteiger partial charge in [0, 0.05) is 23.4 Å². The van der Waals surface area contributed by atoms with Crippen molar-refractivity contribution in [3.63, 3.8) is 0 Å². The minimum Gasteiger partial charge on any atom is -0.496 e. The van der Waals surface area contributed by atoms with Crippen molar-refractivity contribution in [2.24, 2.45) is 0 Å². The third kappa shape index (κ3) is 4.02. The lowest BCUT2D eigenvalue weighted by Crippen LogP contribution is -2.16. The van der Waals surface area contributed by atoms with Gasteiger partial charge in [0.25, 0.3) is 0 Å². The second-order valence-corrected chi connectivity index (χ2v) is 5.96. The number of carbonyl (C=O) groups excluding carboxylic acids is 1. The number of nitrogens with one attached hydrogen (secondary N) is 1. The molecule has 0 aliphatic rings. The largest absolute Gasteiger partial charge is 0.573 e. The number of pyridine rings is 1. The Labute approximate surface area is 152 Å². The number of Topliss-reactive ketones (excluding diaryl/α,β-unsaturated/α-hetero) is 1. The van der Waals surface area contributed by atoms with Crippen molar-refractivity contribution < 1.29 is 27.4 Å². The zero-order valence-electron chi connectivity index (χ0n) is 14.8. The molecule has 0 atom stereocenters. The number of H-pyrrole nitrogens is 1. The molecule has 3 aromatic rings. The second kappa shape index (κ2) is 6.90. The number of imidazole rings is 1. The number of aromatic nitrogens is 3. The summed E-state index contributed by atoms with van der Waals surface area (Å²) >= 11 is 0. The molecule has 142 valence electrons. The summed E-state index contributed by atoms with van der Waals surface area (Å²) in [6, 6.07) is 3.64. The van der Waals surface area contributed by atoms with Crippen LogP contribution in [0.3, 0.4) is 0 Å². The lowest BCUT2D eigenvalue weighted by molar-refractivity contribution is -0.274. The van der Waals surface area contributed by atoms with Gasteiger partial charge in [0.2, 0.25) is 5.78 Å². The molecule has 0 fully saturated rings. The summed E-state index contributed by atoms with van der Waals surface area (Å²) in [6.07, 6.45) is -3.20. The molecule has 0 radical (unpaired) electrons. The number of hydrogen-bond donors (Lipinski definition) is 1. The minimum atomic E-state index is -4.80. The number of nitrogens with zero attached hydrogens (tertiary/aromatic N) is 2. The number of aryl methyl sites for hydroxylation is 1. The maximum atomic E-state index is 12.5. The number of alkyl halides is 3. The van der Waals surface area contributed by atoms with Crippen molar-refractivity contribution in [2.45, 2.75) is 26.6 Å². The molecule has 1 aromatic carbocycles. The van der Waals surface area contributed by atoms with Crippen LogP contribution in [0.2, 0.25) is 0 Å². The maximum Gasteiger partial charge on any atom is 0.573 e. The zero-order chi connectivity index (χ0) is 19.8. The van der Waals surface area contributed by atoms with Gasteiger partial charge >= 0.3 is 6.36 Å². The smallest absolute Gasteiger partial charge is 0.496 e. The normalized spacial score (nSPS) is 11.6. The number of aromatic amines is 1. The number of halogens is 3. The molecule has 0 saturated carbocycles. The van der Waals surface area contributed by atoms with Crippen LogP contribution >= 0.6 is 0 Å². The molecular weight excluding hydrogens is 363 g/mol. The van der Waals surface area contributed by atoms with E-state index >= 15 is 0 Å². The van der Waals surface area contributed by atoms with Crippen molar-refractivity contribution in [1.29, 1.82) is 0 Å². The quantitative estimate of drug-likeness (QED) is 0.680. The van der Waals surface area contributed by atoms with E-state index in [1.165, 1.54) is 6.07 Å². The summed E-state index contributed by atoms with van der Waals surface area (Å²) in [4.78, 5) is 23.7. The van der Waals surface area contributed by atoms with Gasteiger partial charge < -0.3 is 14.5 Å². The number of rotatable bonds is 5. The number of ketones is 1. The van der Waals surface area contributed by atoms with Gasteiger partial charge in [-0.1, -0.05) is 0 Å². The topological polar surface area (TPSA) is 77.1 Å². The summed E-state index contributed by atoms with van der Waals surface area (Å²) in [6.45, 7) is 3.66. The highest BCUT2D eigenvalue weighted by Crippen LogP contribution is 2.27. The fourth-order valence-electron chi connectivity index (χ4n) is 2.80. The fourth-order valence-corrected chi connectivity index (χ4v) is 2.80. The van der Waals surface area contributed by atoms with E-state index in [2.05, 4.69) is 19.7 Å². The van der Waals surface area contributed by atoms with Gasteiger partial charge in [0.15, 0.2) is 5.82 Å². The van der Waals surface area contributed by atoms with Gasteiger partial charge in [-0.2, -0.15) is 0 Å². The van der Waals surface area contributed by atoms with Crippen molar-refractivity contribution >= 4 is 16.8 Å². The summed E-state index contributed by atoms with van der Waals surface area (Å²) < 4.78 is 46.2. The van der Waals surface area contributed by atoms with E-state index in [0.29, 0.717) is 17.0 Å². The Morgan fingerprint density at radius 2 is 2.00 bits per heavy atom. The number of fused-ring (bicyclic) bond motifs is 1. The summed E-state index contributed by atoms with van der Waals surface area (Å²) in [5, 5.41) is 0. The third-order valence-corrected chi connectivity index (χ3v) is 4.03. The highest BCUT2D eigenvalue weighted by atomic mass is 19.4. The van der Waals surface area contributed by atoms with E-state index in [1.54, 1.807) is 20.2 Å². The molecule has 1 N–H and O–H groups in total. The summed E-state index contributed by atoms with van der Waals surface area (Å²) in [5.41, 5.74) is 2.78. The maximum absolute atomic E-state index is 12.5. The lowest BCUT2D eigenvalue weighted by Gasteiger charge is -2.11. The molecule has 0 amide bonds. The molecule has 9 heteroatoms. The van der Waals surface area contributed by atoms with Crippen LogP contribution in [0.15, 0.2) is 24.4 Å². The molecule has 0 aliphatic carbocycles. The van der Waals surface area contributed by atoms with Crippen LogP contribution in [-0.4, -0.2) is 34.2 Å². The van der Waals surface area contributed by atoms with Crippen LogP contribution in [0.5, 0.6) is 11.5 Å². The Kier molecular flexibility index (Phi) is 4.77. The van der Waals surface area contributed by atoms with E-state index in [1.807, 2.05) is 6.92 Å². The van der Waals surface area contributed by atoms with Gasteiger partial charge in [-0.15, -0.1) is 13.2 Å². The average Bonchev–Trinajstić information content (AvgIpc) is 3.00. The average molecular weight is 379 g/mol. The van der Waals surface area contributed by atoms with Crippen molar-refractivity contribution in [2.75, 3.05) is 7.11 Å². The van der Waals surface area contributed by atoms with Gasteiger partial charge in [-0.25, -0.2) is 4.98 Å². The van der Waals surface area contributed by atoms with Crippen molar-refractivity contribution in [1.82, 2.24) is 15.0 Å². The molecular formula is C18H16F3N3O3. The number of methoxy groups -OCH3 is 1. The van der Waals surface area contributed by atoms with E-state index in [4.69, 9.17) is 4.74 Å². The van der Waals surface area contributed by atoms with Gasteiger partial charge in [-0.05, 0) is 26.0 Å². The van der Waals surface area contributed by atoms with Gasteiger partial charge in [0.1, 0.15) is 11.5 Å². The first kappa shape index (κ1) is 18.7. The number of carbonyl (C=O) groups is 1. The highest BCUT2D eigenvalue weighted by molar-refractivity contribution is 5.97. The second-order valence-electron chi connectivity index (χ2n) is 5.96. The predicted molar refractivity (Wildman–Crippen MR) is 91.1 cm³/mol. The Bertz CT molecular complexity index is 1010. The highest BCUT2D eigenvalue weighted by Gasteiger charge is 2.31. The monoisotopic (exact) mass is 379 g/mol. The molecule has 0 saturated heterocycles. The molecule has 2 heterocycles. The van der Waals surface area contributed by atoms with Crippen molar-refractivity contribution in [3.8, 4) is 11.5 Å². The van der Waals surface area contributed by atoms with Crippen LogP contribution in [0.1, 0.15) is 27.4 Å². The standard InChI is InChI=1S/C18H16F3N3O3/c1-9-8-22-13(10(2)16(9)26-3)7-15(25)17-23-12-5-4-11(6-14(12)24-17)27-18(19,20)21/h4-6,8H,7H2,1-3H3,(H,23,24). The van der Waals surface area contributed by atoms with E-state index in [-0.39, 0.29) is 23.5 Å². The van der Waals surface area contributed by atoms with Crippen LogP contribution in [0.4, 0.5) is 13.2 Å². The third-order valence-electron chi connectivity index (χ3n) is 4.03. The van der Waals surface area contributed by atoms with E-state index in [0.717, 1.165) is 23.3 Å². The SMILES string of the molecule is COc1c(C)cnc(CC(=O)c2nc3cc(OC(F)(F)F)ccc3[nH]2)c1C. The molecule has 0 unspecified atom stereocenters. The Morgan fingerprint density at radius 3 is 2.67 bits per heavy atom. The zero-order valence-corrected chi connectivity index (χ0v) is 14.8. The van der Waals surface area contributed by atoms with E-state index in [9.17, 15) is 18.0 Å². The van der Waals surface area contributed by atoms with Gasteiger partial charge in [0.05, 0.1) is 30.3 Å². The molecule has 0 aliphatic heterocycles. The van der Waals surface area contributed by atoms with Crippen molar-refractivity contribution in [3.05, 3.63) is 47.0 Å². The van der Waals surface area contributed by atoms with Crippen LogP contribution in [-0.2, 0) is 6.42 Å².